The van der Waals surface area contributed by atoms with E-state index in [2.05, 4.69) is 20.9 Å². The summed E-state index contributed by atoms with van der Waals surface area (Å²) < 4.78 is 0. The van der Waals surface area contributed by atoms with Crippen molar-refractivity contribution in [3.63, 3.8) is 0 Å². The second kappa shape index (κ2) is 7.03. The molecule has 3 N–H and O–H groups in total. The lowest BCUT2D eigenvalue weighted by atomic mass is 10.0. The molecular formula is C20H18N4O3. The highest BCUT2D eigenvalue weighted by Crippen LogP contribution is 2.23. The Morgan fingerprint density at radius 2 is 1.78 bits per heavy atom. The SMILES string of the molecule is O=C1CC[C@@H](C(=O)NC2N=C(c3ccccc3)c3ccccc3NC2=O)N1. The van der Waals surface area contributed by atoms with Gasteiger partial charge >= 0.3 is 0 Å². The first-order chi connectivity index (χ1) is 13.1. The van der Waals surface area contributed by atoms with Crippen molar-refractivity contribution in [2.24, 2.45) is 4.99 Å². The van der Waals surface area contributed by atoms with Gasteiger partial charge in [0, 0.05) is 17.5 Å². The standard InChI is InChI=1S/C20H18N4O3/c25-16-11-10-15(21-16)19(26)24-18-20(27)22-14-9-5-4-8-13(14)17(23-18)12-6-2-1-3-7-12/h1-9,15,18H,10-11H2,(H,21,25)(H,22,27)(H,24,26)/t15-,18?/m0/s1. The van der Waals surface area contributed by atoms with Crippen molar-refractivity contribution in [1.29, 1.82) is 0 Å². The normalized spacial score (nSPS) is 21.4. The van der Waals surface area contributed by atoms with Crippen LogP contribution in [-0.2, 0) is 14.4 Å². The fourth-order valence-electron chi connectivity index (χ4n) is 3.23. The van der Waals surface area contributed by atoms with Gasteiger partial charge in [-0.3, -0.25) is 14.4 Å². The third-order valence-electron chi connectivity index (χ3n) is 4.58. The zero-order chi connectivity index (χ0) is 18.8. The lowest BCUT2D eigenvalue weighted by molar-refractivity contribution is -0.128. The zero-order valence-corrected chi connectivity index (χ0v) is 14.4. The summed E-state index contributed by atoms with van der Waals surface area (Å²) in [7, 11) is 0. The Morgan fingerprint density at radius 1 is 1.04 bits per heavy atom. The molecule has 0 aliphatic carbocycles. The lowest BCUT2D eigenvalue weighted by Crippen LogP contribution is -2.49. The maximum atomic E-state index is 12.6. The number of para-hydroxylation sites is 1. The van der Waals surface area contributed by atoms with Gasteiger partial charge in [-0.25, -0.2) is 4.99 Å². The molecule has 1 fully saturated rings. The van der Waals surface area contributed by atoms with Crippen molar-refractivity contribution < 1.29 is 14.4 Å². The van der Waals surface area contributed by atoms with Gasteiger partial charge in [-0.1, -0.05) is 48.5 Å². The molecule has 0 saturated carbocycles. The van der Waals surface area contributed by atoms with Gasteiger partial charge in [0.1, 0.15) is 6.04 Å². The number of aliphatic imine (C=N–C) groups is 1. The maximum absolute atomic E-state index is 12.6. The number of benzodiazepines with no additional fused rings is 1. The fraction of sp³-hybridized carbons (Fsp3) is 0.200. The van der Waals surface area contributed by atoms with E-state index in [1.54, 1.807) is 6.07 Å². The van der Waals surface area contributed by atoms with E-state index in [9.17, 15) is 14.4 Å². The molecule has 2 aromatic carbocycles. The van der Waals surface area contributed by atoms with E-state index in [0.717, 1.165) is 11.1 Å². The average Bonchev–Trinajstić information content (AvgIpc) is 3.07. The molecule has 1 saturated heterocycles. The Morgan fingerprint density at radius 3 is 2.52 bits per heavy atom. The third kappa shape index (κ3) is 3.44. The third-order valence-corrected chi connectivity index (χ3v) is 4.58. The Kier molecular flexibility index (Phi) is 4.42. The Balaban J connectivity index is 1.69. The Bertz CT molecular complexity index is 939. The van der Waals surface area contributed by atoms with E-state index in [4.69, 9.17) is 0 Å². The molecule has 2 aliphatic heterocycles. The number of carbonyl (C=O) groups excluding carboxylic acids is 3. The van der Waals surface area contributed by atoms with Gasteiger partial charge in [0.15, 0.2) is 0 Å². The molecule has 27 heavy (non-hydrogen) atoms. The van der Waals surface area contributed by atoms with Gasteiger partial charge in [-0.2, -0.15) is 0 Å². The van der Waals surface area contributed by atoms with Crippen molar-refractivity contribution in [1.82, 2.24) is 10.6 Å². The first kappa shape index (κ1) is 17.0. The van der Waals surface area contributed by atoms with Crippen molar-refractivity contribution in [3.8, 4) is 0 Å². The van der Waals surface area contributed by atoms with Crippen LogP contribution in [0.25, 0.3) is 0 Å². The number of amides is 3. The summed E-state index contributed by atoms with van der Waals surface area (Å²) in [5, 5.41) is 8.08. The predicted molar refractivity (Wildman–Crippen MR) is 100 cm³/mol. The van der Waals surface area contributed by atoms with E-state index in [1.807, 2.05) is 48.5 Å². The number of carbonyl (C=O) groups is 3. The monoisotopic (exact) mass is 362 g/mol. The Labute approximate surface area is 155 Å². The quantitative estimate of drug-likeness (QED) is 0.765. The van der Waals surface area contributed by atoms with Crippen molar-refractivity contribution in [2.75, 3.05) is 5.32 Å². The predicted octanol–water partition coefficient (Wildman–Crippen LogP) is 1.20. The molecule has 7 nitrogen and oxygen atoms in total. The van der Waals surface area contributed by atoms with Crippen LogP contribution in [0.4, 0.5) is 5.69 Å². The summed E-state index contributed by atoms with van der Waals surface area (Å²) in [6.45, 7) is 0. The van der Waals surface area contributed by atoms with E-state index in [0.29, 0.717) is 24.2 Å². The van der Waals surface area contributed by atoms with Crippen molar-refractivity contribution in [2.45, 2.75) is 25.0 Å². The number of rotatable bonds is 3. The topological polar surface area (TPSA) is 99.7 Å². The molecule has 2 aliphatic rings. The summed E-state index contributed by atoms with van der Waals surface area (Å²) in [5.74, 6) is -1.00. The van der Waals surface area contributed by atoms with E-state index < -0.39 is 24.0 Å². The number of anilines is 1. The van der Waals surface area contributed by atoms with Gasteiger partial charge in [-0.05, 0) is 12.5 Å². The van der Waals surface area contributed by atoms with Crippen molar-refractivity contribution in [3.05, 3.63) is 65.7 Å². The van der Waals surface area contributed by atoms with Crippen LogP contribution in [0.15, 0.2) is 59.6 Å². The number of hydrogen-bond acceptors (Lipinski definition) is 4. The number of fused-ring (bicyclic) bond motifs is 1. The molecule has 4 rings (SSSR count). The molecule has 0 aromatic heterocycles. The fourth-order valence-corrected chi connectivity index (χ4v) is 3.23. The number of nitrogens with one attached hydrogen (secondary N) is 3. The summed E-state index contributed by atoms with van der Waals surface area (Å²) >= 11 is 0. The first-order valence-electron chi connectivity index (χ1n) is 8.75. The van der Waals surface area contributed by atoms with Crippen LogP contribution in [0.3, 0.4) is 0 Å². The molecule has 2 aromatic rings. The Hall–Kier alpha value is -3.48. The molecule has 136 valence electrons. The minimum Gasteiger partial charge on any atom is -0.344 e. The second-order valence-corrected chi connectivity index (χ2v) is 6.45. The van der Waals surface area contributed by atoms with Gasteiger partial charge in [0.2, 0.25) is 18.0 Å². The van der Waals surface area contributed by atoms with Crippen LogP contribution in [0.2, 0.25) is 0 Å². The number of benzene rings is 2. The van der Waals surface area contributed by atoms with Gasteiger partial charge < -0.3 is 16.0 Å². The van der Waals surface area contributed by atoms with Gasteiger partial charge in [-0.15, -0.1) is 0 Å². The van der Waals surface area contributed by atoms with Crippen LogP contribution in [-0.4, -0.2) is 35.6 Å². The molecule has 1 unspecified atom stereocenters. The summed E-state index contributed by atoms with van der Waals surface area (Å²) in [5.41, 5.74) is 2.87. The van der Waals surface area contributed by atoms with Crippen LogP contribution < -0.4 is 16.0 Å². The van der Waals surface area contributed by atoms with Gasteiger partial charge in [0.25, 0.3) is 5.91 Å². The largest absolute Gasteiger partial charge is 0.344 e. The molecule has 2 atom stereocenters. The highest BCUT2D eigenvalue weighted by Gasteiger charge is 2.32. The van der Waals surface area contributed by atoms with Crippen LogP contribution in [0.1, 0.15) is 24.0 Å². The van der Waals surface area contributed by atoms with Crippen LogP contribution >= 0.6 is 0 Å². The van der Waals surface area contributed by atoms with Crippen LogP contribution in [0.5, 0.6) is 0 Å². The highest BCUT2D eigenvalue weighted by atomic mass is 16.2. The number of hydrogen-bond donors (Lipinski definition) is 3. The van der Waals surface area contributed by atoms with Crippen molar-refractivity contribution >= 4 is 29.1 Å². The average molecular weight is 362 g/mol. The molecular weight excluding hydrogens is 344 g/mol. The molecule has 2 heterocycles. The summed E-state index contributed by atoms with van der Waals surface area (Å²) in [6.07, 6.45) is -0.370. The minimum atomic E-state index is -1.09. The van der Waals surface area contributed by atoms with E-state index in [1.165, 1.54) is 0 Å². The number of nitrogens with zero attached hydrogens (tertiary/aromatic N) is 1. The molecule has 3 amide bonds. The maximum Gasteiger partial charge on any atom is 0.269 e. The first-order valence-corrected chi connectivity index (χ1v) is 8.75. The van der Waals surface area contributed by atoms with E-state index >= 15 is 0 Å². The molecule has 0 spiro atoms. The van der Waals surface area contributed by atoms with E-state index in [-0.39, 0.29) is 5.91 Å². The second-order valence-electron chi connectivity index (χ2n) is 6.45. The molecule has 0 bridgehead atoms. The highest BCUT2D eigenvalue weighted by molar-refractivity contribution is 6.19. The summed E-state index contributed by atoms with van der Waals surface area (Å²) in [4.78, 5) is 41.0. The van der Waals surface area contributed by atoms with Gasteiger partial charge in [0.05, 0.1) is 11.4 Å². The molecule has 7 heteroatoms. The zero-order valence-electron chi connectivity index (χ0n) is 14.4. The lowest BCUT2D eigenvalue weighted by Gasteiger charge is -2.16. The molecule has 0 radical (unpaired) electrons. The smallest absolute Gasteiger partial charge is 0.269 e. The minimum absolute atomic E-state index is 0.165. The summed E-state index contributed by atoms with van der Waals surface area (Å²) in [6, 6.07) is 16.2. The van der Waals surface area contributed by atoms with Crippen LogP contribution in [0, 0.1) is 0 Å².